The molecule has 0 aliphatic carbocycles. The molecule has 2 aromatic carbocycles. The Labute approximate surface area is 244 Å². The van der Waals surface area contributed by atoms with E-state index < -0.39 is 0 Å². The molecule has 1 aromatic heterocycles. The highest BCUT2D eigenvalue weighted by Crippen LogP contribution is 2.45. The van der Waals surface area contributed by atoms with Crippen LogP contribution in [0.3, 0.4) is 0 Å². The number of carbonyl (C=O) groups excluding carboxylic acids is 1. The first kappa shape index (κ1) is 29.2. The number of carbonyl (C=O) groups is 1. The molecule has 220 valence electrons. The molecule has 0 bridgehead atoms. The van der Waals surface area contributed by atoms with E-state index in [-0.39, 0.29) is 12.1 Å². The van der Waals surface area contributed by atoms with E-state index in [9.17, 15) is 4.79 Å². The number of furan rings is 1. The quantitative estimate of drug-likeness (QED) is 0.266. The summed E-state index contributed by atoms with van der Waals surface area (Å²) in [6.07, 6.45) is 4.72. The van der Waals surface area contributed by atoms with Gasteiger partial charge in [-0.2, -0.15) is 0 Å². The van der Waals surface area contributed by atoms with Gasteiger partial charge in [-0.3, -0.25) is 9.80 Å². The first-order chi connectivity index (χ1) is 20.1. The molecule has 2 aliphatic rings. The van der Waals surface area contributed by atoms with Crippen molar-refractivity contribution in [1.29, 1.82) is 0 Å². The Bertz CT molecular complexity index is 1270. The number of fused-ring (bicyclic) bond motifs is 1. The van der Waals surface area contributed by atoms with E-state index in [1.54, 1.807) is 20.5 Å². The molecule has 1 unspecified atom stereocenters. The first-order valence-corrected chi connectivity index (χ1v) is 14.8. The van der Waals surface area contributed by atoms with Crippen molar-refractivity contribution in [2.24, 2.45) is 0 Å². The Morgan fingerprint density at radius 1 is 1.05 bits per heavy atom. The topological polar surface area (TPSA) is 61.6 Å². The van der Waals surface area contributed by atoms with Crippen molar-refractivity contribution in [3.63, 3.8) is 0 Å². The summed E-state index contributed by atoms with van der Waals surface area (Å²) in [6, 6.07) is 16.4. The van der Waals surface area contributed by atoms with E-state index in [4.69, 9.17) is 13.9 Å². The minimum atomic E-state index is -0.291. The van der Waals surface area contributed by atoms with Crippen LogP contribution in [0.4, 0.5) is 5.69 Å². The minimum Gasteiger partial charge on any atom is -0.493 e. The number of hydrogen-bond acceptors (Lipinski definition) is 8. The van der Waals surface area contributed by atoms with Gasteiger partial charge >= 0.3 is 0 Å². The van der Waals surface area contributed by atoms with Gasteiger partial charge in [0, 0.05) is 44.5 Å². The van der Waals surface area contributed by atoms with Crippen molar-refractivity contribution >= 4 is 12.0 Å². The van der Waals surface area contributed by atoms with Crippen LogP contribution in [0.2, 0.25) is 0 Å². The molecule has 2 aliphatic heterocycles. The third-order valence-corrected chi connectivity index (χ3v) is 8.71. The lowest BCUT2D eigenvalue weighted by molar-refractivity contribution is -0.113. The van der Waals surface area contributed by atoms with Crippen LogP contribution in [0.15, 0.2) is 59.2 Å². The van der Waals surface area contributed by atoms with Crippen molar-refractivity contribution in [2.75, 3.05) is 65.4 Å². The Balaban J connectivity index is 1.40. The SMILES string of the molecule is CCN1CCN(c2cccc3c2CN([C@H](CCCN(C)Cc2ccco2)c2ccc(OC)c(OC)c2)C3C=O)CC1. The lowest BCUT2D eigenvalue weighted by Crippen LogP contribution is -2.46. The van der Waals surface area contributed by atoms with Gasteiger partial charge in [-0.1, -0.05) is 25.1 Å². The standard InChI is InChI=1S/C33H44N4O4/c1-5-35-16-18-36(19-17-35)30-11-6-10-27-28(30)23-37(31(27)24-38)29(25-13-14-32(39-3)33(21-25)40-4)12-7-15-34(2)22-26-9-8-20-41-26/h6,8-11,13-14,20-21,24,29,31H,5,7,12,15-19,22-23H2,1-4H3/t29-,31?/m1/s1. The molecular formula is C33H44N4O4. The van der Waals surface area contributed by atoms with Crippen LogP contribution in [-0.4, -0.2) is 81.5 Å². The fourth-order valence-corrected chi connectivity index (χ4v) is 6.44. The fourth-order valence-electron chi connectivity index (χ4n) is 6.44. The van der Waals surface area contributed by atoms with Gasteiger partial charge in [0.15, 0.2) is 11.5 Å². The maximum Gasteiger partial charge on any atom is 0.161 e. The van der Waals surface area contributed by atoms with E-state index in [0.717, 1.165) is 88.4 Å². The predicted octanol–water partition coefficient (Wildman–Crippen LogP) is 5.15. The zero-order valence-corrected chi connectivity index (χ0v) is 24.9. The highest BCUT2D eigenvalue weighted by Gasteiger charge is 2.37. The third kappa shape index (κ3) is 6.45. The van der Waals surface area contributed by atoms with Gasteiger partial charge in [-0.15, -0.1) is 0 Å². The van der Waals surface area contributed by atoms with Crippen LogP contribution in [0.5, 0.6) is 11.5 Å². The smallest absolute Gasteiger partial charge is 0.161 e. The summed E-state index contributed by atoms with van der Waals surface area (Å²) in [5, 5.41) is 0. The average molecular weight is 561 g/mol. The highest BCUT2D eigenvalue weighted by atomic mass is 16.5. The van der Waals surface area contributed by atoms with Gasteiger partial charge in [0.25, 0.3) is 0 Å². The number of hydrogen-bond donors (Lipinski definition) is 0. The number of likely N-dealkylation sites (N-methyl/N-ethyl adjacent to an activating group) is 1. The van der Waals surface area contributed by atoms with Gasteiger partial charge in [0.05, 0.1) is 33.1 Å². The maximum atomic E-state index is 12.7. The molecule has 0 spiro atoms. The van der Waals surface area contributed by atoms with Crippen LogP contribution in [0.25, 0.3) is 0 Å². The summed E-state index contributed by atoms with van der Waals surface area (Å²) < 4.78 is 16.8. The van der Waals surface area contributed by atoms with E-state index >= 15 is 0 Å². The summed E-state index contributed by atoms with van der Waals surface area (Å²) in [5.41, 5.74) is 4.83. The van der Waals surface area contributed by atoms with Gasteiger partial charge in [-0.25, -0.2) is 0 Å². The highest BCUT2D eigenvalue weighted by molar-refractivity contribution is 5.70. The number of ether oxygens (including phenoxy) is 2. The van der Waals surface area contributed by atoms with E-state index in [1.807, 2.05) is 18.2 Å². The van der Waals surface area contributed by atoms with Gasteiger partial charge in [0.1, 0.15) is 12.0 Å². The number of aldehydes is 1. The number of methoxy groups -OCH3 is 2. The summed E-state index contributed by atoms with van der Waals surface area (Å²) in [4.78, 5) is 22.4. The number of anilines is 1. The second-order valence-electron chi connectivity index (χ2n) is 11.1. The molecule has 0 N–H and O–H groups in total. The van der Waals surface area contributed by atoms with E-state index in [1.165, 1.54) is 11.3 Å². The largest absolute Gasteiger partial charge is 0.493 e. The summed E-state index contributed by atoms with van der Waals surface area (Å²) >= 11 is 0. The fraction of sp³-hybridized carbons (Fsp3) is 0.485. The molecule has 0 radical (unpaired) electrons. The molecule has 8 heteroatoms. The van der Waals surface area contributed by atoms with Crippen molar-refractivity contribution in [1.82, 2.24) is 14.7 Å². The molecule has 1 saturated heterocycles. The average Bonchev–Trinajstić information content (AvgIpc) is 3.66. The minimum absolute atomic E-state index is 0.0409. The van der Waals surface area contributed by atoms with Gasteiger partial charge in [0.2, 0.25) is 0 Å². The number of rotatable bonds is 13. The molecule has 1 fully saturated rings. The number of piperazine rings is 1. The molecule has 8 nitrogen and oxygen atoms in total. The Morgan fingerprint density at radius 3 is 2.54 bits per heavy atom. The van der Waals surface area contributed by atoms with Crippen molar-refractivity contribution in [3.8, 4) is 11.5 Å². The third-order valence-electron chi connectivity index (χ3n) is 8.71. The molecule has 41 heavy (non-hydrogen) atoms. The van der Waals surface area contributed by atoms with Crippen LogP contribution in [-0.2, 0) is 17.9 Å². The second-order valence-corrected chi connectivity index (χ2v) is 11.1. The normalized spacial score (nSPS) is 18.5. The van der Waals surface area contributed by atoms with Crippen molar-refractivity contribution in [2.45, 2.75) is 44.9 Å². The molecule has 0 amide bonds. The summed E-state index contributed by atoms with van der Waals surface area (Å²) in [6.45, 7) is 9.91. The molecule has 0 saturated carbocycles. The zero-order valence-electron chi connectivity index (χ0n) is 24.9. The van der Waals surface area contributed by atoms with Crippen molar-refractivity contribution in [3.05, 3.63) is 77.2 Å². The molecular weight excluding hydrogens is 516 g/mol. The summed E-state index contributed by atoms with van der Waals surface area (Å²) in [7, 11) is 5.45. The molecule has 3 heterocycles. The Hall–Kier alpha value is -3.33. The van der Waals surface area contributed by atoms with Crippen LogP contribution in [0.1, 0.15) is 54.3 Å². The van der Waals surface area contributed by atoms with E-state index in [2.05, 4.69) is 63.9 Å². The van der Waals surface area contributed by atoms with Gasteiger partial charge in [-0.05, 0) is 80.0 Å². The van der Waals surface area contributed by atoms with Crippen LogP contribution < -0.4 is 14.4 Å². The van der Waals surface area contributed by atoms with E-state index in [0.29, 0.717) is 11.5 Å². The van der Waals surface area contributed by atoms with Gasteiger partial charge < -0.3 is 28.5 Å². The van der Waals surface area contributed by atoms with Crippen molar-refractivity contribution < 1.29 is 18.7 Å². The van der Waals surface area contributed by atoms with Crippen LogP contribution >= 0.6 is 0 Å². The predicted molar refractivity (Wildman–Crippen MR) is 162 cm³/mol. The Morgan fingerprint density at radius 2 is 1.85 bits per heavy atom. The molecule has 3 aromatic rings. The summed E-state index contributed by atoms with van der Waals surface area (Å²) in [5.74, 6) is 2.38. The lowest BCUT2D eigenvalue weighted by Gasteiger charge is -2.36. The monoisotopic (exact) mass is 560 g/mol. The Kier molecular flexibility index (Phi) is 9.64. The number of benzene rings is 2. The maximum absolute atomic E-state index is 12.7. The second kappa shape index (κ2) is 13.6. The van der Waals surface area contributed by atoms with Crippen LogP contribution in [0, 0.1) is 0 Å². The zero-order chi connectivity index (χ0) is 28.8. The lowest BCUT2D eigenvalue weighted by atomic mass is 9.98. The number of nitrogens with zero attached hydrogens (tertiary/aromatic N) is 4. The first-order valence-electron chi connectivity index (χ1n) is 14.8. The molecule has 2 atom stereocenters. The molecule has 5 rings (SSSR count).